The van der Waals surface area contributed by atoms with Crippen molar-refractivity contribution in [3.8, 4) is 0 Å². The monoisotopic (exact) mass is 462 g/mol. The molecule has 1 aromatic rings. The first-order valence-corrected chi connectivity index (χ1v) is 14.0. The number of allylic oxidation sites excluding steroid dienone is 2. The molecule has 0 heterocycles. The zero-order valence-corrected chi connectivity index (χ0v) is 21.8. The van der Waals surface area contributed by atoms with Crippen molar-refractivity contribution in [3.05, 3.63) is 42.0 Å². The minimum Gasteiger partial charge on any atom is -0.462 e. The van der Waals surface area contributed by atoms with Crippen LogP contribution in [0.4, 0.5) is 0 Å². The first kappa shape index (κ1) is 28.6. The molecule has 0 saturated carbocycles. The number of aryl methyl sites for hydroxylation is 1. The number of esters is 1. The van der Waals surface area contributed by atoms with E-state index >= 15 is 0 Å². The van der Waals surface area contributed by atoms with E-state index in [1.807, 2.05) is 45.0 Å². The molecule has 0 aliphatic rings. The van der Waals surface area contributed by atoms with Crippen LogP contribution in [0.25, 0.3) is 0 Å². The SMILES string of the molecule is CCCCCCCC/C=C\CCCCCCC(C(=O)OC(C)C)[S@@](=O)c1ccc(C)cc1. The van der Waals surface area contributed by atoms with E-state index in [2.05, 4.69) is 19.1 Å². The fourth-order valence-electron chi connectivity index (χ4n) is 3.68. The van der Waals surface area contributed by atoms with Gasteiger partial charge in [0.15, 0.2) is 0 Å². The molecule has 32 heavy (non-hydrogen) atoms. The fourth-order valence-corrected chi connectivity index (χ4v) is 5.02. The Labute approximate surface area is 199 Å². The first-order chi connectivity index (χ1) is 15.5. The van der Waals surface area contributed by atoms with E-state index in [0.29, 0.717) is 11.3 Å². The van der Waals surface area contributed by atoms with Crippen LogP contribution in [-0.2, 0) is 20.3 Å². The molecule has 0 saturated heterocycles. The number of hydrogen-bond donors (Lipinski definition) is 0. The molecule has 1 rings (SSSR count). The van der Waals surface area contributed by atoms with Crippen LogP contribution < -0.4 is 0 Å². The van der Waals surface area contributed by atoms with Crippen LogP contribution in [-0.4, -0.2) is 21.5 Å². The topological polar surface area (TPSA) is 43.4 Å². The van der Waals surface area contributed by atoms with Gasteiger partial charge in [0.05, 0.1) is 16.9 Å². The molecule has 0 bridgehead atoms. The third-order valence-electron chi connectivity index (χ3n) is 5.60. The smallest absolute Gasteiger partial charge is 0.322 e. The maximum absolute atomic E-state index is 13.0. The highest BCUT2D eigenvalue weighted by Crippen LogP contribution is 2.20. The summed E-state index contributed by atoms with van der Waals surface area (Å²) in [5.41, 5.74) is 1.12. The second-order valence-electron chi connectivity index (χ2n) is 9.10. The highest BCUT2D eigenvalue weighted by atomic mass is 32.2. The summed E-state index contributed by atoms with van der Waals surface area (Å²) in [5, 5.41) is -0.586. The summed E-state index contributed by atoms with van der Waals surface area (Å²) < 4.78 is 18.5. The lowest BCUT2D eigenvalue weighted by molar-refractivity contribution is -0.146. The molecule has 4 heteroatoms. The average molecular weight is 463 g/mol. The van der Waals surface area contributed by atoms with Gasteiger partial charge in [-0.05, 0) is 65.0 Å². The molecule has 1 unspecified atom stereocenters. The molecule has 0 N–H and O–H groups in total. The lowest BCUT2D eigenvalue weighted by atomic mass is 10.1. The molecule has 0 fully saturated rings. The third-order valence-corrected chi connectivity index (χ3v) is 7.29. The van der Waals surface area contributed by atoms with E-state index in [9.17, 15) is 9.00 Å². The molecule has 3 nitrogen and oxygen atoms in total. The molecule has 0 aliphatic heterocycles. The molecule has 0 aliphatic carbocycles. The van der Waals surface area contributed by atoms with Crippen LogP contribution in [0.5, 0.6) is 0 Å². The minimum atomic E-state index is -1.38. The van der Waals surface area contributed by atoms with Gasteiger partial charge in [-0.2, -0.15) is 0 Å². The van der Waals surface area contributed by atoms with Crippen LogP contribution in [0.1, 0.15) is 110 Å². The van der Waals surface area contributed by atoms with Crippen LogP contribution in [0, 0.1) is 6.92 Å². The van der Waals surface area contributed by atoms with Crippen molar-refractivity contribution in [1.29, 1.82) is 0 Å². The Kier molecular flexibility index (Phi) is 16.1. The van der Waals surface area contributed by atoms with E-state index in [4.69, 9.17) is 4.74 Å². The van der Waals surface area contributed by atoms with Gasteiger partial charge in [-0.1, -0.05) is 88.1 Å². The Morgan fingerprint density at radius 2 is 1.41 bits per heavy atom. The standard InChI is InChI=1S/C28H46O3S/c1-5-6-7-8-9-10-11-12-13-14-15-16-17-18-19-27(28(29)31-24(2)3)32(30)26-22-20-25(4)21-23-26/h12-13,20-24,27H,5-11,14-19H2,1-4H3/b13-12-/t27?,32-/m0/s1. The quantitative estimate of drug-likeness (QED) is 0.126. The Balaban J connectivity index is 2.29. The largest absolute Gasteiger partial charge is 0.462 e. The molecule has 0 amide bonds. The van der Waals surface area contributed by atoms with E-state index < -0.39 is 16.0 Å². The highest BCUT2D eigenvalue weighted by Gasteiger charge is 2.28. The van der Waals surface area contributed by atoms with Crippen molar-refractivity contribution in [2.75, 3.05) is 0 Å². The first-order valence-electron chi connectivity index (χ1n) is 12.8. The lowest BCUT2D eigenvalue weighted by Crippen LogP contribution is -2.30. The fraction of sp³-hybridized carbons (Fsp3) is 0.679. The maximum atomic E-state index is 13.0. The van der Waals surface area contributed by atoms with Crippen LogP contribution >= 0.6 is 0 Å². The number of hydrogen-bond acceptors (Lipinski definition) is 3. The summed E-state index contributed by atoms with van der Waals surface area (Å²) in [5.74, 6) is -0.337. The Bertz CT molecular complexity index is 664. The highest BCUT2D eigenvalue weighted by molar-refractivity contribution is 7.86. The van der Waals surface area contributed by atoms with Gasteiger partial charge in [0.2, 0.25) is 0 Å². The summed E-state index contributed by atoms with van der Waals surface area (Å²) in [7, 11) is -1.38. The Morgan fingerprint density at radius 1 is 0.875 bits per heavy atom. The Morgan fingerprint density at radius 3 is 1.97 bits per heavy atom. The van der Waals surface area contributed by atoms with Crippen molar-refractivity contribution in [2.24, 2.45) is 0 Å². The van der Waals surface area contributed by atoms with Crippen molar-refractivity contribution in [1.82, 2.24) is 0 Å². The molecule has 2 atom stereocenters. The van der Waals surface area contributed by atoms with Crippen molar-refractivity contribution in [3.63, 3.8) is 0 Å². The van der Waals surface area contributed by atoms with Gasteiger partial charge in [-0.15, -0.1) is 0 Å². The van der Waals surface area contributed by atoms with E-state index in [1.54, 1.807) is 0 Å². The van der Waals surface area contributed by atoms with Crippen molar-refractivity contribution < 1.29 is 13.7 Å². The summed E-state index contributed by atoms with van der Waals surface area (Å²) in [6, 6.07) is 7.60. The van der Waals surface area contributed by atoms with Crippen molar-refractivity contribution in [2.45, 2.75) is 127 Å². The van der Waals surface area contributed by atoms with Gasteiger partial charge in [0.1, 0.15) is 5.25 Å². The number of benzene rings is 1. The molecular weight excluding hydrogens is 416 g/mol. The lowest BCUT2D eigenvalue weighted by Gasteiger charge is -2.17. The summed E-state index contributed by atoms with van der Waals surface area (Å²) in [6.07, 6.45) is 19.8. The second-order valence-corrected chi connectivity index (χ2v) is 10.7. The summed E-state index contributed by atoms with van der Waals surface area (Å²) in [4.78, 5) is 13.3. The van der Waals surface area contributed by atoms with E-state index in [0.717, 1.165) is 31.2 Å². The molecular formula is C28H46O3S. The van der Waals surface area contributed by atoms with Gasteiger partial charge in [-0.25, -0.2) is 0 Å². The number of unbranched alkanes of at least 4 members (excludes halogenated alkanes) is 10. The van der Waals surface area contributed by atoms with Gasteiger partial charge >= 0.3 is 5.97 Å². The Hall–Kier alpha value is -1.42. The van der Waals surface area contributed by atoms with Crippen LogP contribution in [0.15, 0.2) is 41.3 Å². The number of carbonyl (C=O) groups is 1. The normalized spacial score (nSPS) is 13.5. The van der Waals surface area contributed by atoms with Gasteiger partial charge in [0.25, 0.3) is 0 Å². The zero-order chi connectivity index (χ0) is 23.6. The van der Waals surface area contributed by atoms with E-state index in [-0.39, 0.29) is 12.1 Å². The number of rotatable bonds is 18. The van der Waals surface area contributed by atoms with Crippen molar-refractivity contribution >= 4 is 16.8 Å². The average Bonchev–Trinajstić information content (AvgIpc) is 2.76. The second kappa shape index (κ2) is 18.1. The van der Waals surface area contributed by atoms with Gasteiger partial charge < -0.3 is 4.74 Å². The van der Waals surface area contributed by atoms with Crippen LogP contribution in [0.2, 0.25) is 0 Å². The van der Waals surface area contributed by atoms with Crippen LogP contribution in [0.3, 0.4) is 0 Å². The van der Waals surface area contributed by atoms with Gasteiger partial charge in [-0.3, -0.25) is 9.00 Å². The molecule has 0 spiro atoms. The predicted octanol–water partition coefficient (Wildman–Crippen LogP) is 8.07. The van der Waals surface area contributed by atoms with Gasteiger partial charge in [0, 0.05) is 4.90 Å². The number of ether oxygens (including phenoxy) is 1. The minimum absolute atomic E-state index is 0.192. The summed E-state index contributed by atoms with van der Waals surface area (Å²) in [6.45, 7) is 7.93. The predicted molar refractivity (Wildman–Crippen MR) is 137 cm³/mol. The summed E-state index contributed by atoms with van der Waals surface area (Å²) >= 11 is 0. The molecule has 0 aromatic heterocycles. The van der Waals surface area contributed by atoms with E-state index in [1.165, 1.54) is 51.4 Å². The maximum Gasteiger partial charge on any atom is 0.322 e. The molecule has 182 valence electrons. The molecule has 1 aromatic carbocycles. The zero-order valence-electron chi connectivity index (χ0n) is 20.9. The third kappa shape index (κ3) is 13.2. The number of carbonyl (C=O) groups excluding carboxylic acids is 1. The molecule has 0 radical (unpaired) electrons.